The second-order valence-electron chi connectivity index (χ2n) is 7.69. The fraction of sp³-hybridized carbons (Fsp3) is 0.348. The summed E-state index contributed by atoms with van der Waals surface area (Å²) in [6.45, 7) is 4.43. The van der Waals surface area contributed by atoms with E-state index in [4.69, 9.17) is 27.9 Å². The van der Waals surface area contributed by atoms with Crippen LogP contribution in [0.25, 0.3) is 0 Å². The van der Waals surface area contributed by atoms with E-state index in [1.54, 1.807) is 12.1 Å². The minimum atomic E-state index is -0.863. The van der Waals surface area contributed by atoms with Crippen molar-refractivity contribution in [3.63, 3.8) is 0 Å². The Bertz CT molecular complexity index is 1010. The number of carbonyl (C=O) groups is 3. The lowest BCUT2D eigenvalue weighted by Gasteiger charge is -2.29. The van der Waals surface area contributed by atoms with Crippen LogP contribution in [0.4, 0.5) is 11.4 Å². The summed E-state index contributed by atoms with van der Waals surface area (Å²) >= 11 is 12.0. The van der Waals surface area contributed by atoms with E-state index in [1.807, 2.05) is 24.3 Å². The number of anilines is 2. The molecule has 33 heavy (non-hydrogen) atoms. The summed E-state index contributed by atoms with van der Waals surface area (Å²) in [4.78, 5) is 41.0. The van der Waals surface area contributed by atoms with E-state index in [-0.39, 0.29) is 28.1 Å². The number of rotatable bonds is 7. The predicted octanol–water partition coefficient (Wildman–Crippen LogP) is 3.05. The van der Waals surface area contributed by atoms with Gasteiger partial charge in [0.15, 0.2) is 0 Å². The van der Waals surface area contributed by atoms with E-state index in [9.17, 15) is 14.4 Å². The van der Waals surface area contributed by atoms with Gasteiger partial charge in [-0.3, -0.25) is 14.4 Å². The van der Waals surface area contributed by atoms with Crippen molar-refractivity contribution in [1.82, 2.24) is 10.2 Å². The molecule has 0 spiro atoms. The quantitative estimate of drug-likeness (QED) is 0.619. The summed E-state index contributed by atoms with van der Waals surface area (Å²) in [6, 6.07) is 11.3. The van der Waals surface area contributed by atoms with Gasteiger partial charge < -0.3 is 25.2 Å². The second kappa shape index (κ2) is 11.4. The zero-order valence-electron chi connectivity index (χ0n) is 18.4. The molecule has 0 bridgehead atoms. The van der Waals surface area contributed by atoms with Gasteiger partial charge in [-0.15, -0.1) is 0 Å². The highest BCUT2D eigenvalue weighted by molar-refractivity contribution is 6.43. The van der Waals surface area contributed by atoms with Crippen LogP contribution >= 0.6 is 23.2 Å². The molecule has 1 saturated heterocycles. The highest BCUT2D eigenvalue weighted by Crippen LogP contribution is 2.25. The van der Waals surface area contributed by atoms with Crippen molar-refractivity contribution in [2.75, 3.05) is 50.1 Å². The first kappa shape index (κ1) is 24.8. The highest BCUT2D eigenvalue weighted by atomic mass is 35.5. The minimum Gasteiger partial charge on any atom is -0.378 e. The fourth-order valence-corrected chi connectivity index (χ4v) is 3.80. The number of nitrogens with one attached hydrogen (secondary N) is 2. The van der Waals surface area contributed by atoms with Crippen LogP contribution in [0.5, 0.6) is 0 Å². The third-order valence-corrected chi connectivity index (χ3v) is 6.02. The normalized spacial score (nSPS) is 14.4. The largest absolute Gasteiger partial charge is 0.378 e. The lowest BCUT2D eigenvalue weighted by atomic mass is 10.2. The first-order valence-electron chi connectivity index (χ1n) is 10.5. The maximum absolute atomic E-state index is 12.6. The predicted molar refractivity (Wildman–Crippen MR) is 129 cm³/mol. The summed E-state index contributed by atoms with van der Waals surface area (Å²) in [7, 11) is 1.50. The summed E-state index contributed by atoms with van der Waals surface area (Å²) in [5.74, 6) is -1.29. The Balaban J connectivity index is 1.50. The Kier molecular flexibility index (Phi) is 8.55. The lowest BCUT2D eigenvalue weighted by Crippen LogP contribution is -2.47. The fourth-order valence-electron chi connectivity index (χ4n) is 3.42. The van der Waals surface area contributed by atoms with Crippen LogP contribution in [-0.4, -0.2) is 68.6 Å². The molecule has 1 aliphatic heterocycles. The molecule has 1 heterocycles. The van der Waals surface area contributed by atoms with Crippen LogP contribution in [0.15, 0.2) is 42.5 Å². The standard InChI is InChI=1S/C23H26Cl2N4O4/c1-15(26-22(31)18-4-3-5-19(24)21(18)25)23(32)28(2)14-20(30)27-16-6-8-17(9-7-16)29-10-12-33-13-11-29/h3-9,15H,10-14H2,1-2H3,(H,26,31)(H,27,30). The van der Waals surface area contributed by atoms with Gasteiger partial charge >= 0.3 is 0 Å². The van der Waals surface area contributed by atoms with Gasteiger partial charge in [-0.25, -0.2) is 0 Å². The number of carbonyl (C=O) groups excluding carboxylic acids is 3. The molecule has 2 aromatic rings. The molecule has 2 aromatic carbocycles. The van der Waals surface area contributed by atoms with E-state index in [0.29, 0.717) is 18.9 Å². The number of benzene rings is 2. The molecule has 3 rings (SSSR count). The molecule has 8 nitrogen and oxygen atoms in total. The van der Waals surface area contributed by atoms with Gasteiger partial charge in [0, 0.05) is 31.5 Å². The molecule has 2 N–H and O–H groups in total. The average Bonchev–Trinajstić information content (AvgIpc) is 2.81. The Hall–Kier alpha value is -2.81. The van der Waals surface area contributed by atoms with Crippen LogP contribution < -0.4 is 15.5 Å². The molecule has 176 valence electrons. The first-order chi connectivity index (χ1) is 15.8. The van der Waals surface area contributed by atoms with E-state index in [2.05, 4.69) is 15.5 Å². The third-order valence-electron chi connectivity index (χ3n) is 5.20. The highest BCUT2D eigenvalue weighted by Gasteiger charge is 2.23. The van der Waals surface area contributed by atoms with Crippen LogP contribution in [0.2, 0.25) is 10.0 Å². The summed E-state index contributed by atoms with van der Waals surface area (Å²) in [5, 5.41) is 5.73. The zero-order valence-corrected chi connectivity index (χ0v) is 19.9. The first-order valence-corrected chi connectivity index (χ1v) is 11.2. The van der Waals surface area contributed by atoms with E-state index in [0.717, 1.165) is 18.8 Å². The summed E-state index contributed by atoms with van der Waals surface area (Å²) < 4.78 is 5.36. The minimum absolute atomic E-state index is 0.115. The third kappa shape index (κ3) is 6.60. The molecule has 10 heteroatoms. The van der Waals surface area contributed by atoms with Crippen LogP contribution in [0.3, 0.4) is 0 Å². The maximum atomic E-state index is 12.6. The maximum Gasteiger partial charge on any atom is 0.253 e. The summed E-state index contributed by atoms with van der Waals surface area (Å²) in [5.41, 5.74) is 1.87. The average molecular weight is 493 g/mol. The van der Waals surface area contributed by atoms with Crippen molar-refractivity contribution in [2.45, 2.75) is 13.0 Å². The number of ether oxygens (including phenoxy) is 1. The van der Waals surface area contributed by atoms with Crippen molar-refractivity contribution in [2.24, 2.45) is 0 Å². The molecule has 1 fully saturated rings. The number of morpholine rings is 1. The Labute approximate surface area is 202 Å². The number of likely N-dealkylation sites (N-methyl/N-ethyl adjacent to an activating group) is 1. The van der Waals surface area contributed by atoms with Gasteiger partial charge in [0.2, 0.25) is 11.8 Å². The van der Waals surface area contributed by atoms with Crippen LogP contribution in [0.1, 0.15) is 17.3 Å². The van der Waals surface area contributed by atoms with Gasteiger partial charge in [0.05, 0.1) is 35.4 Å². The van der Waals surface area contributed by atoms with Crippen LogP contribution in [-0.2, 0) is 14.3 Å². The molecule has 0 radical (unpaired) electrons. The van der Waals surface area contributed by atoms with E-state index < -0.39 is 17.9 Å². The van der Waals surface area contributed by atoms with Crippen molar-refractivity contribution in [1.29, 1.82) is 0 Å². The van der Waals surface area contributed by atoms with Gasteiger partial charge in [-0.05, 0) is 43.3 Å². The molecule has 0 aliphatic carbocycles. The molecule has 0 saturated carbocycles. The van der Waals surface area contributed by atoms with Gasteiger partial charge in [-0.2, -0.15) is 0 Å². The number of halogens is 2. The molecule has 0 aromatic heterocycles. The Morgan fingerprint density at radius 2 is 1.76 bits per heavy atom. The number of nitrogens with zero attached hydrogens (tertiary/aromatic N) is 2. The SMILES string of the molecule is CC(NC(=O)c1cccc(Cl)c1Cl)C(=O)N(C)CC(=O)Nc1ccc(N2CCOCC2)cc1. The molecule has 1 aliphatic rings. The van der Waals surface area contributed by atoms with E-state index in [1.165, 1.54) is 24.9 Å². The molecular weight excluding hydrogens is 467 g/mol. The van der Waals surface area contributed by atoms with Gasteiger partial charge in [-0.1, -0.05) is 29.3 Å². The smallest absolute Gasteiger partial charge is 0.253 e. The van der Waals surface area contributed by atoms with Gasteiger partial charge in [0.1, 0.15) is 6.04 Å². The van der Waals surface area contributed by atoms with Crippen LogP contribution in [0, 0.1) is 0 Å². The van der Waals surface area contributed by atoms with E-state index >= 15 is 0 Å². The Morgan fingerprint density at radius 1 is 1.09 bits per heavy atom. The second-order valence-corrected chi connectivity index (χ2v) is 8.47. The monoisotopic (exact) mass is 492 g/mol. The molecular formula is C23H26Cl2N4O4. The van der Waals surface area contributed by atoms with Crippen molar-refractivity contribution < 1.29 is 19.1 Å². The van der Waals surface area contributed by atoms with Gasteiger partial charge in [0.25, 0.3) is 5.91 Å². The molecule has 1 unspecified atom stereocenters. The topological polar surface area (TPSA) is 91.0 Å². The van der Waals surface area contributed by atoms with Crippen molar-refractivity contribution >= 4 is 52.3 Å². The zero-order chi connectivity index (χ0) is 24.0. The number of hydrogen-bond acceptors (Lipinski definition) is 5. The molecule has 1 atom stereocenters. The number of amides is 3. The Morgan fingerprint density at radius 3 is 2.42 bits per heavy atom. The molecule has 3 amide bonds. The number of hydrogen-bond donors (Lipinski definition) is 2. The van der Waals surface area contributed by atoms with Crippen molar-refractivity contribution in [3.05, 3.63) is 58.1 Å². The van der Waals surface area contributed by atoms with Crippen molar-refractivity contribution in [3.8, 4) is 0 Å². The summed E-state index contributed by atoms with van der Waals surface area (Å²) in [6.07, 6.45) is 0. The lowest BCUT2D eigenvalue weighted by molar-refractivity contribution is -0.134.